The highest BCUT2D eigenvalue weighted by atomic mass is 19.4. The molecule has 0 unspecified atom stereocenters. The minimum Gasteiger partial charge on any atom is -0.337 e. The van der Waals surface area contributed by atoms with Crippen molar-refractivity contribution < 1.29 is 22.8 Å². The van der Waals surface area contributed by atoms with Crippen LogP contribution in [0.25, 0.3) is 22.4 Å². The lowest BCUT2D eigenvalue weighted by Gasteiger charge is -2.35. The number of rotatable bonds is 3. The van der Waals surface area contributed by atoms with E-state index in [1.54, 1.807) is 41.3 Å². The predicted octanol–water partition coefficient (Wildman–Crippen LogP) is 5.34. The van der Waals surface area contributed by atoms with E-state index in [1.807, 2.05) is 23.1 Å². The van der Waals surface area contributed by atoms with Gasteiger partial charge in [-0.15, -0.1) is 0 Å². The molecule has 38 heavy (non-hydrogen) atoms. The Hall–Kier alpha value is -4.53. The van der Waals surface area contributed by atoms with Crippen LogP contribution in [0, 0.1) is 0 Å². The lowest BCUT2D eigenvalue weighted by Crippen LogP contribution is -2.49. The van der Waals surface area contributed by atoms with Gasteiger partial charge in [0.2, 0.25) is 5.95 Å². The number of alkyl halides is 3. The molecule has 1 amide bonds. The fraction of sp³-hybridized carbons (Fsp3) is 0.172. The van der Waals surface area contributed by atoms with E-state index in [9.17, 15) is 22.8 Å². The lowest BCUT2D eigenvalue weighted by molar-refractivity contribution is -0.137. The standard InChI is InChI=1S/C29H21F3N4O2/c30-29(31,32)19-6-3-5-18(17-19)24-11-12-33-28(34-24)36-15-13-35(14-16-36)27(38)23-10-4-9-22-25(23)20-7-1-2-8-21(20)26(22)37/h1-12,17H,13-16H2. The van der Waals surface area contributed by atoms with Crippen LogP contribution in [0.2, 0.25) is 0 Å². The van der Waals surface area contributed by atoms with Gasteiger partial charge < -0.3 is 9.80 Å². The molecule has 2 heterocycles. The van der Waals surface area contributed by atoms with Crippen molar-refractivity contribution in [3.8, 4) is 22.4 Å². The number of fused-ring (bicyclic) bond motifs is 3. The highest BCUT2D eigenvalue weighted by Gasteiger charge is 2.33. The Bertz CT molecular complexity index is 1580. The average molecular weight is 515 g/mol. The van der Waals surface area contributed by atoms with Crippen molar-refractivity contribution in [3.05, 3.63) is 101 Å². The van der Waals surface area contributed by atoms with Crippen LogP contribution in [-0.4, -0.2) is 52.7 Å². The lowest BCUT2D eigenvalue weighted by atomic mass is 9.98. The molecule has 0 bridgehead atoms. The number of aromatic nitrogens is 2. The molecular formula is C29H21F3N4O2. The summed E-state index contributed by atoms with van der Waals surface area (Å²) < 4.78 is 39.5. The van der Waals surface area contributed by atoms with Crippen molar-refractivity contribution >= 4 is 17.6 Å². The highest BCUT2D eigenvalue weighted by molar-refractivity contribution is 6.24. The van der Waals surface area contributed by atoms with Crippen molar-refractivity contribution in [2.75, 3.05) is 31.1 Å². The van der Waals surface area contributed by atoms with Crippen LogP contribution in [0.3, 0.4) is 0 Å². The van der Waals surface area contributed by atoms with Crippen molar-refractivity contribution in [3.63, 3.8) is 0 Å². The molecule has 4 aromatic rings. The van der Waals surface area contributed by atoms with Gasteiger partial charge in [-0.25, -0.2) is 9.97 Å². The summed E-state index contributed by atoms with van der Waals surface area (Å²) >= 11 is 0. The molecule has 0 atom stereocenters. The summed E-state index contributed by atoms with van der Waals surface area (Å²) in [4.78, 5) is 38.9. The van der Waals surface area contributed by atoms with Gasteiger partial charge in [0, 0.05) is 60.2 Å². The van der Waals surface area contributed by atoms with E-state index in [1.165, 1.54) is 12.3 Å². The molecular weight excluding hydrogens is 493 g/mol. The number of anilines is 1. The smallest absolute Gasteiger partial charge is 0.337 e. The van der Waals surface area contributed by atoms with Crippen molar-refractivity contribution in [2.24, 2.45) is 0 Å². The van der Waals surface area contributed by atoms with Gasteiger partial charge in [0.25, 0.3) is 5.91 Å². The molecule has 190 valence electrons. The number of ketones is 1. The zero-order valence-electron chi connectivity index (χ0n) is 20.1. The quantitative estimate of drug-likeness (QED) is 0.325. The van der Waals surface area contributed by atoms with Gasteiger partial charge in [-0.1, -0.05) is 48.5 Å². The van der Waals surface area contributed by atoms with E-state index in [0.29, 0.717) is 65.6 Å². The van der Waals surface area contributed by atoms with E-state index < -0.39 is 11.7 Å². The van der Waals surface area contributed by atoms with E-state index in [4.69, 9.17) is 0 Å². The number of carbonyl (C=O) groups excluding carboxylic acids is 2. The van der Waals surface area contributed by atoms with Crippen LogP contribution in [0.15, 0.2) is 79.0 Å². The second-order valence-electron chi connectivity index (χ2n) is 9.20. The third kappa shape index (κ3) is 4.09. The summed E-state index contributed by atoms with van der Waals surface area (Å²) in [5.74, 6) is 0.171. The molecule has 1 fully saturated rings. The zero-order chi connectivity index (χ0) is 26.4. The first-order valence-corrected chi connectivity index (χ1v) is 12.1. The Morgan fingerprint density at radius 3 is 2.29 bits per heavy atom. The molecule has 0 radical (unpaired) electrons. The van der Waals surface area contributed by atoms with Crippen LogP contribution < -0.4 is 4.90 Å². The normalized spacial score (nSPS) is 14.9. The Morgan fingerprint density at radius 1 is 0.816 bits per heavy atom. The molecule has 1 aliphatic heterocycles. The Kier molecular flexibility index (Phi) is 5.71. The fourth-order valence-electron chi connectivity index (χ4n) is 5.05. The van der Waals surface area contributed by atoms with E-state index in [0.717, 1.165) is 17.7 Å². The van der Waals surface area contributed by atoms with Gasteiger partial charge in [-0.3, -0.25) is 9.59 Å². The monoisotopic (exact) mass is 514 g/mol. The second kappa shape index (κ2) is 9.09. The number of nitrogens with zero attached hydrogens (tertiary/aromatic N) is 4. The first kappa shape index (κ1) is 23.8. The maximum Gasteiger partial charge on any atom is 0.416 e. The van der Waals surface area contributed by atoms with E-state index in [2.05, 4.69) is 9.97 Å². The highest BCUT2D eigenvalue weighted by Crippen LogP contribution is 2.39. The number of hydrogen-bond acceptors (Lipinski definition) is 5. The van der Waals surface area contributed by atoms with Crippen LogP contribution in [-0.2, 0) is 6.18 Å². The molecule has 1 saturated heterocycles. The largest absolute Gasteiger partial charge is 0.416 e. The second-order valence-corrected chi connectivity index (χ2v) is 9.20. The third-order valence-electron chi connectivity index (χ3n) is 6.96. The summed E-state index contributed by atoms with van der Waals surface area (Å²) in [6, 6.07) is 19.2. The summed E-state index contributed by atoms with van der Waals surface area (Å²) in [5, 5.41) is 0. The van der Waals surface area contributed by atoms with Crippen LogP contribution in [0.5, 0.6) is 0 Å². The first-order chi connectivity index (χ1) is 18.3. The van der Waals surface area contributed by atoms with Crippen LogP contribution >= 0.6 is 0 Å². The number of carbonyl (C=O) groups is 2. The van der Waals surface area contributed by atoms with Gasteiger partial charge in [0.15, 0.2) is 5.78 Å². The van der Waals surface area contributed by atoms with Gasteiger partial charge in [0.05, 0.1) is 11.3 Å². The fourth-order valence-corrected chi connectivity index (χ4v) is 5.05. The van der Waals surface area contributed by atoms with Gasteiger partial charge >= 0.3 is 6.18 Å². The molecule has 0 N–H and O–H groups in total. The molecule has 1 aliphatic carbocycles. The Balaban J connectivity index is 1.20. The third-order valence-corrected chi connectivity index (χ3v) is 6.96. The number of amides is 1. The van der Waals surface area contributed by atoms with E-state index >= 15 is 0 Å². The first-order valence-electron chi connectivity index (χ1n) is 12.1. The van der Waals surface area contributed by atoms with Gasteiger partial charge in [0.1, 0.15) is 0 Å². The topological polar surface area (TPSA) is 66.4 Å². The zero-order valence-corrected chi connectivity index (χ0v) is 20.1. The number of hydrogen-bond donors (Lipinski definition) is 0. The van der Waals surface area contributed by atoms with Crippen molar-refractivity contribution in [2.45, 2.75) is 6.18 Å². The van der Waals surface area contributed by atoms with Crippen molar-refractivity contribution in [1.29, 1.82) is 0 Å². The Labute approximate surface area is 216 Å². The minimum absolute atomic E-state index is 0.0760. The van der Waals surface area contributed by atoms with Gasteiger partial charge in [-0.05, 0) is 29.8 Å². The van der Waals surface area contributed by atoms with Crippen LogP contribution in [0.1, 0.15) is 31.8 Å². The molecule has 0 spiro atoms. The molecule has 0 saturated carbocycles. The maximum absolute atomic E-state index is 13.5. The Morgan fingerprint density at radius 2 is 1.53 bits per heavy atom. The molecule has 1 aromatic heterocycles. The number of benzene rings is 3. The molecule has 3 aromatic carbocycles. The van der Waals surface area contributed by atoms with Gasteiger partial charge in [-0.2, -0.15) is 13.2 Å². The summed E-state index contributed by atoms with van der Waals surface area (Å²) in [6.07, 6.45) is -2.92. The van der Waals surface area contributed by atoms with Crippen molar-refractivity contribution in [1.82, 2.24) is 14.9 Å². The maximum atomic E-state index is 13.5. The molecule has 2 aliphatic rings. The van der Waals surface area contributed by atoms with E-state index in [-0.39, 0.29) is 11.7 Å². The summed E-state index contributed by atoms with van der Waals surface area (Å²) in [5.41, 5.74) is 3.09. The predicted molar refractivity (Wildman–Crippen MR) is 136 cm³/mol. The SMILES string of the molecule is O=C1c2ccccc2-c2c1cccc2C(=O)N1CCN(c2nccc(-c3cccc(C(F)(F)F)c3)n2)CC1. The molecule has 9 heteroatoms. The minimum atomic E-state index is -4.44. The number of piperazine rings is 1. The summed E-state index contributed by atoms with van der Waals surface area (Å²) in [7, 11) is 0. The molecule has 6 nitrogen and oxygen atoms in total. The number of halogens is 3. The van der Waals surface area contributed by atoms with Crippen LogP contribution in [0.4, 0.5) is 19.1 Å². The summed E-state index contributed by atoms with van der Waals surface area (Å²) in [6.45, 7) is 1.75. The average Bonchev–Trinajstić information content (AvgIpc) is 3.24. The molecule has 6 rings (SSSR count).